The van der Waals surface area contributed by atoms with E-state index in [9.17, 15) is 0 Å². The van der Waals surface area contributed by atoms with E-state index < -0.39 is 0 Å². The fourth-order valence-electron chi connectivity index (χ4n) is 2.94. The first kappa shape index (κ1) is 14.8. The Morgan fingerprint density at radius 1 is 1.05 bits per heavy atom. The van der Waals surface area contributed by atoms with Crippen molar-refractivity contribution >= 4 is 11.6 Å². The Balaban J connectivity index is 1.53. The molecule has 0 saturated carbocycles. The van der Waals surface area contributed by atoms with Crippen molar-refractivity contribution in [3.8, 4) is 0 Å². The highest BCUT2D eigenvalue weighted by Gasteiger charge is 2.22. The molecule has 1 atom stereocenters. The zero-order valence-corrected chi connectivity index (χ0v) is 13.0. The lowest BCUT2D eigenvalue weighted by atomic mass is 10.0. The van der Waals surface area contributed by atoms with Crippen LogP contribution in [-0.2, 0) is 6.42 Å². The van der Waals surface area contributed by atoms with Crippen LogP contribution in [0.4, 0.5) is 11.6 Å². The summed E-state index contributed by atoms with van der Waals surface area (Å²) in [7, 11) is 0. The van der Waals surface area contributed by atoms with E-state index in [4.69, 9.17) is 5.73 Å². The maximum absolute atomic E-state index is 5.74. The first-order chi connectivity index (χ1) is 10.7. The molecule has 2 N–H and O–H groups in total. The number of hydrogen-bond acceptors (Lipinski definition) is 5. The van der Waals surface area contributed by atoms with Crippen molar-refractivity contribution in [1.82, 2.24) is 14.9 Å². The number of aromatic nitrogens is 2. The minimum atomic E-state index is 0.530. The van der Waals surface area contributed by atoms with Gasteiger partial charge >= 0.3 is 0 Å². The molecule has 1 aliphatic heterocycles. The number of rotatable bonds is 4. The molecule has 22 heavy (non-hydrogen) atoms. The van der Waals surface area contributed by atoms with E-state index in [0.29, 0.717) is 6.04 Å². The van der Waals surface area contributed by atoms with Crippen LogP contribution in [0.2, 0.25) is 0 Å². The number of nitrogens with zero attached hydrogens (tertiary/aromatic N) is 4. The molecule has 5 nitrogen and oxygen atoms in total. The molecule has 1 aromatic heterocycles. The highest BCUT2D eigenvalue weighted by Crippen LogP contribution is 2.15. The van der Waals surface area contributed by atoms with E-state index in [1.165, 1.54) is 5.56 Å². The van der Waals surface area contributed by atoms with E-state index in [1.54, 1.807) is 12.4 Å². The zero-order valence-electron chi connectivity index (χ0n) is 13.0. The van der Waals surface area contributed by atoms with Gasteiger partial charge in [-0.05, 0) is 37.1 Å². The average molecular weight is 297 g/mol. The summed E-state index contributed by atoms with van der Waals surface area (Å²) < 4.78 is 0. The van der Waals surface area contributed by atoms with Gasteiger partial charge in [-0.15, -0.1) is 0 Å². The van der Waals surface area contributed by atoms with Gasteiger partial charge in [0, 0.05) is 50.3 Å². The molecule has 1 aromatic carbocycles. The van der Waals surface area contributed by atoms with E-state index in [0.717, 1.165) is 44.2 Å². The normalized spacial score (nSPS) is 17.4. The fourth-order valence-corrected chi connectivity index (χ4v) is 2.94. The summed E-state index contributed by atoms with van der Waals surface area (Å²) >= 11 is 0. The molecule has 0 aliphatic carbocycles. The number of nitrogens with two attached hydrogens (primary N) is 1. The van der Waals surface area contributed by atoms with Crippen molar-refractivity contribution < 1.29 is 0 Å². The molecule has 1 unspecified atom stereocenters. The second-order valence-corrected chi connectivity index (χ2v) is 5.87. The Kier molecular flexibility index (Phi) is 4.53. The Bertz CT molecular complexity index is 576. The van der Waals surface area contributed by atoms with Gasteiger partial charge in [-0.3, -0.25) is 4.90 Å². The number of benzene rings is 1. The van der Waals surface area contributed by atoms with Crippen molar-refractivity contribution in [2.45, 2.75) is 19.4 Å². The molecule has 0 bridgehead atoms. The fraction of sp³-hybridized carbons (Fsp3) is 0.412. The van der Waals surface area contributed by atoms with Crippen LogP contribution < -0.4 is 10.6 Å². The predicted molar refractivity (Wildman–Crippen MR) is 89.8 cm³/mol. The minimum Gasteiger partial charge on any atom is -0.399 e. The Labute approximate surface area is 131 Å². The van der Waals surface area contributed by atoms with Gasteiger partial charge in [0.2, 0.25) is 5.95 Å². The summed E-state index contributed by atoms with van der Waals surface area (Å²) in [6, 6.07) is 10.6. The van der Waals surface area contributed by atoms with Crippen LogP contribution in [0.25, 0.3) is 0 Å². The number of nitrogen functional groups attached to an aromatic ring is 1. The van der Waals surface area contributed by atoms with Gasteiger partial charge < -0.3 is 10.6 Å². The van der Waals surface area contributed by atoms with Gasteiger partial charge in [0.25, 0.3) is 0 Å². The molecule has 116 valence electrons. The lowest BCUT2D eigenvalue weighted by molar-refractivity contribution is 0.195. The highest BCUT2D eigenvalue weighted by molar-refractivity contribution is 5.39. The molecule has 1 fully saturated rings. The van der Waals surface area contributed by atoms with Crippen molar-refractivity contribution in [3.63, 3.8) is 0 Å². The molecule has 0 radical (unpaired) electrons. The number of anilines is 2. The number of piperazine rings is 1. The SMILES string of the molecule is CC(Cc1ccc(N)cc1)N1CCN(c2ncccn2)CC1. The summed E-state index contributed by atoms with van der Waals surface area (Å²) in [5.74, 6) is 0.841. The van der Waals surface area contributed by atoms with E-state index >= 15 is 0 Å². The lowest BCUT2D eigenvalue weighted by Crippen LogP contribution is -2.50. The van der Waals surface area contributed by atoms with Gasteiger partial charge in [-0.2, -0.15) is 0 Å². The molecule has 0 amide bonds. The topological polar surface area (TPSA) is 58.3 Å². The lowest BCUT2D eigenvalue weighted by Gasteiger charge is -2.38. The van der Waals surface area contributed by atoms with Crippen LogP contribution in [-0.4, -0.2) is 47.1 Å². The van der Waals surface area contributed by atoms with Gasteiger partial charge in [0.1, 0.15) is 0 Å². The van der Waals surface area contributed by atoms with Crippen molar-refractivity contribution in [3.05, 3.63) is 48.3 Å². The summed E-state index contributed by atoms with van der Waals surface area (Å²) in [6.07, 6.45) is 4.67. The summed E-state index contributed by atoms with van der Waals surface area (Å²) in [5, 5.41) is 0. The van der Waals surface area contributed by atoms with E-state index in [-0.39, 0.29) is 0 Å². The average Bonchev–Trinajstić information content (AvgIpc) is 2.58. The highest BCUT2D eigenvalue weighted by atomic mass is 15.3. The molecular weight excluding hydrogens is 274 g/mol. The molecule has 2 heterocycles. The standard InChI is InChI=1S/C17H23N5/c1-14(13-15-3-5-16(18)6-4-15)21-9-11-22(12-10-21)17-19-7-2-8-20-17/h2-8,14H,9-13,18H2,1H3. The third kappa shape index (κ3) is 3.54. The van der Waals surface area contributed by atoms with E-state index in [2.05, 4.69) is 38.8 Å². The second-order valence-electron chi connectivity index (χ2n) is 5.87. The summed E-state index contributed by atoms with van der Waals surface area (Å²) in [4.78, 5) is 13.5. The number of hydrogen-bond donors (Lipinski definition) is 1. The van der Waals surface area contributed by atoms with Crippen LogP contribution in [0.5, 0.6) is 0 Å². The molecule has 2 aromatic rings. The van der Waals surface area contributed by atoms with E-state index in [1.807, 2.05) is 18.2 Å². The van der Waals surface area contributed by atoms with Gasteiger partial charge in [-0.25, -0.2) is 9.97 Å². The maximum atomic E-state index is 5.74. The van der Waals surface area contributed by atoms with Crippen molar-refractivity contribution in [2.75, 3.05) is 36.8 Å². The van der Waals surface area contributed by atoms with Crippen LogP contribution in [0.1, 0.15) is 12.5 Å². The maximum Gasteiger partial charge on any atom is 0.225 e. The van der Waals surface area contributed by atoms with Crippen LogP contribution >= 0.6 is 0 Å². The molecule has 1 saturated heterocycles. The van der Waals surface area contributed by atoms with Crippen LogP contribution in [0.15, 0.2) is 42.7 Å². The largest absolute Gasteiger partial charge is 0.399 e. The quantitative estimate of drug-likeness (QED) is 0.872. The van der Waals surface area contributed by atoms with Crippen LogP contribution in [0.3, 0.4) is 0 Å². The predicted octanol–water partition coefficient (Wildman–Crippen LogP) is 1.81. The molecular formula is C17H23N5. The Morgan fingerprint density at radius 2 is 1.68 bits per heavy atom. The summed E-state index contributed by atoms with van der Waals surface area (Å²) in [6.45, 7) is 6.36. The molecule has 5 heteroatoms. The smallest absolute Gasteiger partial charge is 0.225 e. The molecule has 3 rings (SSSR count). The van der Waals surface area contributed by atoms with Crippen LogP contribution in [0, 0.1) is 0 Å². The summed E-state index contributed by atoms with van der Waals surface area (Å²) in [5.41, 5.74) is 7.91. The Hall–Kier alpha value is -2.14. The van der Waals surface area contributed by atoms with Gasteiger partial charge in [-0.1, -0.05) is 12.1 Å². The first-order valence-corrected chi connectivity index (χ1v) is 7.83. The Morgan fingerprint density at radius 3 is 2.32 bits per heavy atom. The second kappa shape index (κ2) is 6.75. The monoisotopic (exact) mass is 297 g/mol. The molecule has 0 spiro atoms. The third-order valence-corrected chi connectivity index (χ3v) is 4.28. The third-order valence-electron chi connectivity index (χ3n) is 4.28. The van der Waals surface area contributed by atoms with Crippen molar-refractivity contribution in [2.24, 2.45) is 0 Å². The zero-order chi connectivity index (χ0) is 15.4. The minimum absolute atomic E-state index is 0.530. The first-order valence-electron chi connectivity index (χ1n) is 7.83. The van der Waals surface area contributed by atoms with Gasteiger partial charge in [0.15, 0.2) is 0 Å². The van der Waals surface area contributed by atoms with Gasteiger partial charge in [0.05, 0.1) is 0 Å². The molecule has 1 aliphatic rings. The van der Waals surface area contributed by atoms with Crippen molar-refractivity contribution in [1.29, 1.82) is 0 Å².